The fraction of sp³-hybridized carbons (Fsp3) is 0.333. The molecular formula is C15H16Cl2N4O. The summed E-state index contributed by atoms with van der Waals surface area (Å²) in [6.45, 7) is 0. The van der Waals surface area contributed by atoms with Crippen LogP contribution in [0.25, 0.3) is 0 Å². The Morgan fingerprint density at radius 1 is 1.32 bits per heavy atom. The van der Waals surface area contributed by atoms with E-state index in [1.807, 2.05) is 12.1 Å². The molecular weight excluding hydrogens is 323 g/mol. The van der Waals surface area contributed by atoms with Gasteiger partial charge in [-0.05, 0) is 30.5 Å². The lowest BCUT2D eigenvalue weighted by Gasteiger charge is -2.35. The summed E-state index contributed by atoms with van der Waals surface area (Å²) in [7, 11) is 0. The van der Waals surface area contributed by atoms with Crippen molar-refractivity contribution in [2.75, 3.05) is 5.73 Å². The summed E-state index contributed by atoms with van der Waals surface area (Å²) < 4.78 is 0. The molecule has 0 saturated heterocycles. The molecule has 1 aromatic heterocycles. The van der Waals surface area contributed by atoms with Crippen LogP contribution in [0.4, 0.5) is 5.82 Å². The maximum absolute atomic E-state index is 12.0. The number of halogens is 2. The first-order valence-electron chi connectivity index (χ1n) is 7.05. The monoisotopic (exact) mass is 338 g/mol. The van der Waals surface area contributed by atoms with Crippen LogP contribution in [0.5, 0.6) is 0 Å². The maximum atomic E-state index is 12.0. The summed E-state index contributed by atoms with van der Waals surface area (Å²) in [5, 5.41) is 10.8. The molecule has 2 aromatic rings. The van der Waals surface area contributed by atoms with Gasteiger partial charge < -0.3 is 11.1 Å². The standard InChI is InChI=1S/C15H16Cl2N4O/c16-11-2-1-8(3-12(11)17)4-15(22)19-10-5-9(6-10)13-7-14(18)21-20-13/h1-3,7,9-10H,4-6H2,(H,19,22)(H3,18,20,21). The molecule has 0 unspecified atom stereocenters. The molecule has 1 saturated carbocycles. The first kappa shape index (κ1) is 15.2. The van der Waals surface area contributed by atoms with E-state index in [1.165, 1.54) is 0 Å². The largest absolute Gasteiger partial charge is 0.382 e. The van der Waals surface area contributed by atoms with E-state index in [1.54, 1.807) is 12.1 Å². The SMILES string of the molecule is Nc1cc(C2CC(NC(=O)Cc3ccc(Cl)c(Cl)c3)C2)[nH]n1. The number of H-pyrrole nitrogens is 1. The molecule has 1 aromatic carbocycles. The minimum Gasteiger partial charge on any atom is -0.382 e. The van der Waals surface area contributed by atoms with Gasteiger partial charge in [-0.2, -0.15) is 5.10 Å². The van der Waals surface area contributed by atoms with Gasteiger partial charge >= 0.3 is 0 Å². The van der Waals surface area contributed by atoms with E-state index in [4.69, 9.17) is 28.9 Å². The molecule has 0 bridgehead atoms. The number of anilines is 1. The molecule has 5 nitrogen and oxygen atoms in total. The van der Waals surface area contributed by atoms with Gasteiger partial charge in [0.15, 0.2) is 0 Å². The van der Waals surface area contributed by atoms with Gasteiger partial charge in [0.2, 0.25) is 5.91 Å². The summed E-state index contributed by atoms with van der Waals surface area (Å²) in [5.41, 5.74) is 7.47. The molecule has 1 amide bonds. The molecule has 0 aliphatic heterocycles. The lowest BCUT2D eigenvalue weighted by molar-refractivity contribution is -0.121. The van der Waals surface area contributed by atoms with E-state index >= 15 is 0 Å². The molecule has 1 fully saturated rings. The lowest BCUT2D eigenvalue weighted by Crippen LogP contribution is -2.44. The van der Waals surface area contributed by atoms with Gasteiger partial charge in [0, 0.05) is 23.7 Å². The molecule has 1 heterocycles. The Morgan fingerprint density at radius 2 is 2.09 bits per heavy atom. The number of nitrogens with two attached hydrogens (primary N) is 1. The molecule has 7 heteroatoms. The van der Waals surface area contributed by atoms with Crippen molar-refractivity contribution in [3.05, 3.63) is 45.6 Å². The minimum atomic E-state index is -0.00837. The molecule has 4 N–H and O–H groups in total. The second-order valence-corrected chi connectivity index (χ2v) is 6.42. The van der Waals surface area contributed by atoms with Crippen LogP contribution in [0.2, 0.25) is 10.0 Å². The number of nitrogens with zero attached hydrogens (tertiary/aromatic N) is 1. The van der Waals surface area contributed by atoms with Crippen molar-refractivity contribution < 1.29 is 4.79 Å². The molecule has 0 atom stereocenters. The lowest BCUT2D eigenvalue weighted by atomic mass is 9.78. The topological polar surface area (TPSA) is 83.8 Å². The molecule has 0 radical (unpaired) electrons. The molecule has 116 valence electrons. The van der Waals surface area contributed by atoms with Gasteiger partial charge in [-0.1, -0.05) is 29.3 Å². The van der Waals surface area contributed by atoms with Crippen molar-refractivity contribution >= 4 is 34.9 Å². The Bertz CT molecular complexity index is 695. The van der Waals surface area contributed by atoms with E-state index in [0.717, 1.165) is 24.1 Å². The zero-order chi connectivity index (χ0) is 15.7. The number of aromatic nitrogens is 2. The van der Waals surface area contributed by atoms with Crippen LogP contribution >= 0.6 is 23.2 Å². The number of benzene rings is 1. The number of aromatic amines is 1. The summed E-state index contributed by atoms with van der Waals surface area (Å²) >= 11 is 11.8. The normalized spacial score (nSPS) is 20.5. The number of rotatable bonds is 4. The van der Waals surface area contributed by atoms with Crippen molar-refractivity contribution in [1.82, 2.24) is 15.5 Å². The summed E-state index contributed by atoms with van der Waals surface area (Å²) in [4.78, 5) is 12.0. The zero-order valence-electron chi connectivity index (χ0n) is 11.8. The van der Waals surface area contributed by atoms with Crippen LogP contribution < -0.4 is 11.1 Å². The average molecular weight is 339 g/mol. The fourth-order valence-corrected chi connectivity index (χ4v) is 2.99. The van der Waals surface area contributed by atoms with Gasteiger partial charge in [-0.15, -0.1) is 0 Å². The Balaban J connectivity index is 1.48. The predicted molar refractivity (Wildman–Crippen MR) is 87.1 cm³/mol. The second kappa shape index (κ2) is 6.18. The molecule has 3 rings (SSSR count). The van der Waals surface area contributed by atoms with Gasteiger partial charge in [0.05, 0.1) is 16.5 Å². The van der Waals surface area contributed by atoms with Crippen molar-refractivity contribution in [2.45, 2.75) is 31.2 Å². The minimum absolute atomic E-state index is 0.00837. The summed E-state index contributed by atoms with van der Waals surface area (Å²) in [5.74, 6) is 0.883. The number of hydrogen-bond donors (Lipinski definition) is 3. The van der Waals surface area contributed by atoms with E-state index < -0.39 is 0 Å². The van der Waals surface area contributed by atoms with E-state index in [0.29, 0.717) is 28.2 Å². The van der Waals surface area contributed by atoms with Crippen LogP contribution in [0.3, 0.4) is 0 Å². The quantitative estimate of drug-likeness (QED) is 0.801. The number of nitrogens with one attached hydrogen (secondary N) is 2. The summed E-state index contributed by atoms with van der Waals surface area (Å²) in [6, 6.07) is 7.28. The fourth-order valence-electron chi connectivity index (χ4n) is 2.67. The third-order valence-corrected chi connectivity index (χ3v) is 4.65. The van der Waals surface area contributed by atoms with Crippen molar-refractivity contribution in [2.24, 2.45) is 0 Å². The van der Waals surface area contributed by atoms with Gasteiger partial charge in [0.1, 0.15) is 5.82 Å². The van der Waals surface area contributed by atoms with Crippen LogP contribution in [0.1, 0.15) is 30.0 Å². The molecule has 22 heavy (non-hydrogen) atoms. The van der Waals surface area contributed by atoms with Crippen molar-refractivity contribution in [1.29, 1.82) is 0 Å². The highest BCUT2D eigenvalue weighted by Crippen LogP contribution is 2.36. The first-order chi connectivity index (χ1) is 10.5. The van der Waals surface area contributed by atoms with Gasteiger partial charge in [-0.3, -0.25) is 9.89 Å². The summed E-state index contributed by atoms with van der Waals surface area (Å²) in [6.07, 6.45) is 2.10. The molecule has 1 aliphatic carbocycles. The van der Waals surface area contributed by atoms with Crippen LogP contribution in [0, 0.1) is 0 Å². The Kier molecular flexibility index (Phi) is 4.27. The Hall–Kier alpha value is -1.72. The molecule has 1 aliphatic rings. The van der Waals surface area contributed by atoms with Crippen molar-refractivity contribution in [3.8, 4) is 0 Å². The number of carbonyl (C=O) groups excluding carboxylic acids is 1. The maximum Gasteiger partial charge on any atom is 0.224 e. The Labute approximate surface area is 138 Å². The second-order valence-electron chi connectivity index (χ2n) is 5.61. The third-order valence-electron chi connectivity index (χ3n) is 3.91. The van der Waals surface area contributed by atoms with E-state index in [9.17, 15) is 4.79 Å². The number of nitrogen functional groups attached to an aromatic ring is 1. The van der Waals surface area contributed by atoms with E-state index in [-0.39, 0.29) is 11.9 Å². The Morgan fingerprint density at radius 3 is 2.73 bits per heavy atom. The first-order valence-corrected chi connectivity index (χ1v) is 7.81. The smallest absolute Gasteiger partial charge is 0.224 e. The van der Waals surface area contributed by atoms with Gasteiger partial charge in [-0.25, -0.2) is 0 Å². The average Bonchev–Trinajstić information content (AvgIpc) is 2.84. The zero-order valence-corrected chi connectivity index (χ0v) is 13.3. The highest BCUT2D eigenvalue weighted by Gasteiger charge is 2.32. The van der Waals surface area contributed by atoms with E-state index in [2.05, 4.69) is 15.5 Å². The number of amides is 1. The van der Waals surface area contributed by atoms with Crippen LogP contribution in [0.15, 0.2) is 24.3 Å². The third kappa shape index (κ3) is 3.36. The highest BCUT2D eigenvalue weighted by atomic mass is 35.5. The van der Waals surface area contributed by atoms with Crippen LogP contribution in [-0.4, -0.2) is 22.1 Å². The number of hydrogen-bond acceptors (Lipinski definition) is 3. The predicted octanol–water partition coefficient (Wildman–Crippen LogP) is 2.90. The molecule has 0 spiro atoms. The highest BCUT2D eigenvalue weighted by molar-refractivity contribution is 6.42. The number of carbonyl (C=O) groups is 1. The van der Waals surface area contributed by atoms with Gasteiger partial charge in [0.25, 0.3) is 0 Å². The van der Waals surface area contributed by atoms with Crippen LogP contribution in [-0.2, 0) is 11.2 Å². The van der Waals surface area contributed by atoms with Crippen molar-refractivity contribution in [3.63, 3.8) is 0 Å².